The van der Waals surface area contributed by atoms with Crippen molar-refractivity contribution < 1.29 is 13.2 Å². The second-order valence-electron chi connectivity index (χ2n) is 2.94. The number of alkyl halides is 4. The van der Waals surface area contributed by atoms with Gasteiger partial charge in [0.2, 0.25) is 0 Å². The van der Waals surface area contributed by atoms with Crippen LogP contribution >= 0.6 is 23.4 Å². The lowest BCUT2D eigenvalue weighted by atomic mass is 10.00. The maximum absolute atomic E-state index is 11.9. The van der Waals surface area contributed by atoms with Crippen LogP contribution in [0, 0.1) is 0 Å². The van der Waals surface area contributed by atoms with Crippen LogP contribution in [0.3, 0.4) is 0 Å². The second kappa shape index (κ2) is 4.09. The summed E-state index contributed by atoms with van der Waals surface area (Å²) in [6.45, 7) is 0. The molecule has 0 heterocycles. The summed E-state index contributed by atoms with van der Waals surface area (Å²) >= 11 is 5.88. The van der Waals surface area contributed by atoms with Crippen LogP contribution in [0.1, 0.15) is 25.7 Å². The minimum atomic E-state index is -4.08. The third kappa shape index (κ3) is 3.90. The molecule has 0 atom stereocenters. The van der Waals surface area contributed by atoms with E-state index in [1.807, 2.05) is 0 Å². The molecule has 1 fully saturated rings. The molecule has 0 aromatic rings. The topological polar surface area (TPSA) is 0 Å². The molecule has 0 aromatic carbocycles. The molecule has 0 aliphatic heterocycles. The minimum absolute atomic E-state index is 0.0927. The summed E-state index contributed by atoms with van der Waals surface area (Å²) in [5, 5.41) is -0.171. The number of rotatable bonds is 1. The Bertz CT molecular complexity index is 140. The molecule has 1 saturated carbocycles. The van der Waals surface area contributed by atoms with Crippen LogP contribution in [0.5, 0.6) is 0 Å². The van der Waals surface area contributed by atoms with Gasteiger partial charge in [-0.25, -0.2) is 0 Å². The predicted molar refractivity (Wildman–Crippen MR) is 45.5 cm³/mol. The molecule has 12 heavy (non-hydrogen) atoms. The van der Waals surface area contributed by atoms with Crippen LogP contribution in [0.15, 0.2) is 0 Å². The van der Waals surface area contributed by atoms with Gasteiger partial charge in [0, 0.05) is 10.6 Å². The van der Waals surface area contributed by atoms with Crippen molar-refractivity contribution in [2.24, 2.45) is 0 Å². The molecule has 0 spiro atoms. The third-order valence-electron chi connectivity index (χ3n) is 1.90. The number of halogens is 4. The standard InChI is InChI=1S/C7H10ClF3S/c8-5-1-3-6(4-2-5)12-7(9,10)11/h5-6H,1-4H2. The van der Waals surface area contributed by atoms with Gasteiger partial charge in [-0.15, -0.1) is 11.6 Å². The average Bonchev–Trinajstić information content (AvgIpc) is 1.91. The Morgan fingerprint density at radius 2 is 1.58 bits per heavy atom. The first-order valence-electron chi connectivity index (χ1n) is 3.86. The van der Waals surface area contributed by atoms with Crippen molar-refractivity contribution in [1.82, 2.24) is 0 Å². The highest BCUT2D eigenvalue weighted by molar-refractivity contribution is 8.00. The van der Waals surface area contributed by atoms with Gasteiger partial charge in [-0.05, 0) is 37.4 Å². The Hall–Kier alpha value is 0.430. The van der Waals surface area contributed by atoms with E-state index in [2.05, 4.69) is 0 Å². The number of thioether (sulfide) groups is 1. The molecule has 0 amide bonds. The van der Waals surface area contributed by atoms with Gasteiger partial charge in [-0.1, -0.05) is 0 Å². The second-order valence-corrected chi connectivity index (χ2v) is 4.92. The van der Waals surface area contributed by atoms with Gasteiger partial charge in [0.05, 0.1) is 0 Å². The summed E-state index contributed by atoms with van der Waals surface area (Å²) in [4.78, 5) is 0. The van der Waals surface area contributed by atoms with Gasteiger partial charge in [0.25, 0.3) is 0 Å². The molecule has 0 unspecified atom stereocenters. The monoisotopic (exact) mass is 218 g/mol. The maximum atomic E-state index is 11.9. The molecule has 1 aliphatic rings. The normalized spacial score (nSPS) is 32.0. The van der Waals surface area contributed by atoms with Crippen molar-refractivity contribution >= 4 is 23.4 Å². The summed E-state index contributed by atoms with van der Waals surface area (Å²) in [5.41, 5.74) is -4.08. The summed E-state index contributed by atoms with van der Waals surface area (Å²) in [6, 6.07) is 0. The fourth-order valence-corrected chi connectivity index (χ4v) is 2.47. The fraction of sp³-hybridized carbons (Fsp3) is 1.00. The molecule has 0 aromatic heterocycles. The van der Waals surface area contributed by atoms with Crippen molar-refractivity contribution in [3.05, 3.63) is 0 Å². The molecular weight excluding hydrogens is 209 g/mol. The number of hydrogen-bond acceptors (Lipinski definition) is 1. The summed E-state index contributed by atoms with van der Waals surface area (Å²) in [5.74, 6) is 0. The predicted octanol–water partition coefficient (Wildman–Crippen LogP) is 3.79. The lowest BCUT2D eigenvalue weighted by Crippen LogP contribution is -2.19. The Morgan fingerprint density at radius 3 is 2.00 bits per heavy atom. The van der Waals surface area contributed by atoms with E-state index in [4.69, 9.17) is 11.6 Å². The zero-order valence-electron chi connectivity index (χ0n) is 6.40. The lowest BCUT2D eigenvalue weighted by Gasteiger charge is -2.24. The first kappa shape index (κ1) is 10.5. The first-order chi connectivity index (χ1) is 5.47. The molecule has 0 N–H and O–H groups in total. The van der Waals surface area contributed by atoms with Gasteiger partial charge < -0.3 is 0 Å². The molecule has 1 aliphatic carbocycles. The highest BCUT2D eigenvalue weighted by Crippen LogP contribution is 2.40. The molecular formula is C7H10ClF3S. The van der Waals surface area contributed by atoms with Crippen LogP contribution in [0.25, 0.3) is 0 Å². The summed E-state index contributed by atoms with van der Waals surface area (Å²) in [7, 11) is 0. The van der Waals surface area contributed by atoms with Crippen molar-refractivity contribution in [3.8, 4) is 0 Å². The van der Waals surface area contributed by atoms with Crippen LogP contribution < -0.4 is 0 Å². The number of hydrogen-bond donors (Lipinski definition) is 0. The molecule has 1 rings (SSSR count). The zero-order chi connectivity index (χ0) is 9.19. The quantitative estimate of drug-likeness (QED) is 0.604. The molecule has 0 saturated heterocycles. The molecule has 72 valence electrons. The maximum Gasteiger partial charge on any atom is 0.442 e. The van der Waals surface area contributed by atoms with Crippen LogP contribution in [0.4, 0.5) is 13.2 Å². The molecule has 0 nitrogen and oxygen atoms in total. The van der Waals surface area contributed by atoms with Gasteiger partial charge in [-0.2, -0.15) is 13.2 Å². The molecule has 5 heteroatoms. The molecule has 0 bridgehead atoms. The lowest BCUT2D eigenvalue weighted by molar-refractivity contribution is -0.0335. The van der Waals surface area contributed by atoms with E-state index in [1.165, 1.54) is 0 Å². The van der Waals surface area contributed by atoms with E-state index in [-0.39, 0.29) is 22.4 Å². The SMILES string of the molecule is FC(F)(F)SC1CCC(Cl)CC1. The fourth-order valence-electron chi connectivity index (χ4n) is 1.33. The first-order valence-corrected chi connectivity index (χ1v) is 5.17. The summed E-state index contributed by atoms with van der Waals surface area (Å²) in [6.07, 6.45) is 2.63. The van der Waals surface area contributed by atoms with E-state index < -0.39 is 5.51 Å². The average molecular weight is 219 g/mol. The van der Waals surface area contributed by atoms with Crippen molar-refractivity contribution in [2.75, 3.05) is 0 Å². The van der Waals surface area contributed by atoms with Crippen molar-refractivity contribution in [2.45, 2.75) is 41.8 Å². The Labute approximate surface area is 78.8 Å². The van der Waals surface area contributed by atoms with E-state index in [9.17, 15) is 13.2 Å². The zero-order valence-corrected chi connectivity index (χ0v) is 7.98. The Balaban J connectivity index is 2.26. The van der Waals surface area contributed by atoms with Gasteiger partial charge in [-0.3, -0.25) is 0 Å². The van der Waals surface area contributed by atoms with E-state index in [0.29, 0.717) is 12.8 Å². The highest BCUT2D eigenvalue weighted by Gasteiger charge is 2.34. The largest absolute Gasteiger partial charge is 0.442 e. The molecule has 0 radical (unpaired) electrons. The van der Waals surface area contributed by atoms with Crippen molar-refractivity contribution in [3.63, 3.8) is 0 Å². The van der Waals surface area contributed by atoms with E-state index in [1.54, 1.807) is 0 Å². The van der Waals surface area contributed by atoms with Crippen molar-refractivity contribution in [1.29, 1.82) is 0 Å². The highest BCUT2D eigenvalue weighted by atomic mass is 35.5. The minimum Gasteiger partial charge on any atom is -0.160 e. The van der Waals surface area contributed by atoms with Gasteiger partial charge in [0.1, 0.15) is 0 Å². The van der Waals surface area contributed by atoms with E-state index >= 15 is 0 Å². The Kier molecular flexibility index (Phi) is 3.58. The van der Waals surface area contributed by atoms with Gasteiger partial charge in [0.15, 0.2) is 0 Å². The smallest absolute Gasteiger partial charge is 0.160 e. The van der Waals surface area contributed by atoms with Gasteiger partial charge >= 0.3 is 5.51 Å². The third-order valence-corrected chi connectivity index (χ3v) is 3.41. The summed E-state index contributed by atoms with van der Waals surface area (Å²) < 4.78 is 35.6. The van der Waals surface area contributed by atoms with Crippen LogP contribution in [-0.4, -0.2) is 16.1 Å². The van der Waals surface area contributed by atoms with E-state index in [0.717, 1.165) is 12.8 Å². The van der Waals surface area contributed by atoms with Crippen LogP contribution in [-0.2, 0) is 0 Å². The van der Waals surface area contributed by atoms with Crippen LogP contribution in [0.2, 0.25) is 0 Å². The Morgan fingerprint density at radius 1 is 1.08 bits per heavy atom.